The highest BCUT2D eigenvalue weighted by molar-refractivity contribution is 7.19. The van der Waals surface area contributed by atoms with Crippen molar-refractivity contribution in [2.75, 3.05) is 12.4 Å². The Morgan fingerprint density at radius 1 is 1.38 bits per heavy atom. The van der Waals surface area contributed by atoms with Crippen LogP contribution in [-0.4, -0.2) is 17.0 Å². The number of nitro groups is 1. The minimum absolute atomic E-state index is 0.0344. The van der Waals surface area contributed by atoms with E-state index in [1.807, 2.05) is 24.3 Å². The normalized spacial score (nSPS) is 11.2. The Labute approximate surface area is 141 Å². The van der Waals surface area contributed by atoms with Gasteiger partial charge < -0.3 is 5.32 Å². The summed E-state index contributed by atoms with van der Waals surface area (Å²) in [5.41, 5.74) is 2.18. The van der Waals surface area contributed by atoms with Gasteiger partial charge in [0.2, 0.25) is 0 Å². The molecule has 1 heterocycles. The Bertz CT molecular complexity index is 968. The molecule has 0 aliphatic rings. The number of benzene rings is 2. The number of nitriles is 1. The zero-order valence-electron chi connectivity index (χ0n) is 12.7. The van der Waals surface area contributed by atoms with Crippen LogP contribution in [0.25, 0.3) is 21.9 Å². The van der Waals surface area contributed by atoms with Gasteiger partial charge in [0, 0.05) is 13.1 Å². The van der Waals surface area contributed by atoms with Gasteiger partial charge in [-0.15, -0.1) is 11.3 Å². The molecule has 0 unspecified atom stereocenters. The molecular weight excluding hydrogens is 324 g/mol. The van der Waals surface area contributed by atoms with Gasteiger partial charge in [-0.1, -0.05) is 18.2 Å². The predicted molar refractivity (Wildman–Crippen MR) is 95.7 cm³/mol. The highest BCUT2D eigenvalue weighted by atomic mass is 32.1. The summed E-state index contributed by atoms with van der Waals surface area (Å²) in [4.78, 5) is 15.1. The van der Waals surface area contributed by atoms with E-state index in [9.17, 15) is 15.4 Å². The van der Waals surface area contributed by atoms with Crippen LogP contribution in [0.5, 0.6) is 0 Å². The number of allylic oxidation sites excluding steroid dienone is 1. The second kappa shape index (κ2) is 6.48. The van der Waals surface area contributed by atoms with Crippen molar-refractivity contribution in [1.82, 2.24) is 4.98 Å². The maximum atomic E-state index is 11.1. The molecule has 118 valence electrons. The van der Waals surface area contributed by atoms with Gasteiger partial charge in [-0.2, -0.15) is 5.26 Å². The predicted octanol–water partition coefficient (Wildman–Crippen LogP) is 4.31. The molecule has 3 aromatic rings. The number of nitro benzene ring substituents is 1. The Kier molecular flexibility index (Phi) is 4.22. The van der Waals surface area contributed by atoms with Crippen molar-refractivity contribution >= 4 is 44.6 Å². The standard InChI is InChI=1S/C17H12N4O2S/c1-19-13-7-6-11(9-15(13)21(22)23)8-12(10-18)17-20-14-4-2-3-5-16(14)24-17/h2-9,19H,1H3. The number of aromatic nitrogens is 1. The number of nitrogens with zero attached hydrogens (tertiary/aromatic N) is 3. The lowest BCUT2D eigenvalue weighted by Crippen LogP contribution is -1.96. The van der Waals surface area contributed by atoms with Crippen molar-refractivity contribution in [1.29, 1.82) is 5.26 Å². The van der Waals surface area contributed by atoms with Crippen LogP contribution in [0.1, 0.15) is 10.6 Å². The second-order valence-electron chi connectivity index (χ2n) is 4.94. The molecule has 6 nitrogen and oxygen atoms in total. The van der Waals surface area contributed by atoms with Crippen LogP contribution >= 0.6 is 11.3 Å². The van der Waals surface area contributed by atoms with E-state index in [2.05, 4.69) is 16.4 Å². The van der Waals surface area contributed by atoms with Crippen molar-refractivity contribution < 1.29 is 4.92 Å². The molecule has 3 rings (SSSR count). The van der Waals surface area contributed by atoms with Gasteiger partial charge in [-0.3, -0.25) is 10.1 Å². The first-order valence-corrected chi connectivity index (χ1v) is 7.88. The number of hydrogen-bond donors (Lipinski definition) is 1. The molecule has 0 aliphatic carbocycles. The fourth-order valence-corrected chi connectivity index (χ4v) is 3.23. The summed E-state index contributed by atoms with van der Waals surface area (Å²) in [5.74, 6) is 0. The second-order valence-corrected chi connectivity index (χ2v) is 5.97. The topological polar surface area (TPSA) is 91.8 Å². The van der Waals surface area contributed by atoms with Gasteiger partial charge in [0.25, 0.3) is 5.69 Å². The van der Waals surface area contributed by atoms with E-state index in [0.717, 1.165) is 10.2 Å². The molecule has 2 aromatic carbocycles. The maximum absolute atomic E-state index is 11.1. The Hall–Kier alpha value is -3.24. The molecule has 0 spiro atoms. The average molecular weight is 336 g/mol. The van der Waals surface area contributed by atoms with Gasteiger partial charge in [0.05, 0.1) is 20.7 Å². The van der Waals surface area contributed by atoms with Crippen molar-refractivity contribution in [3.8, 4) is 6.07 Å². The maximum Gasteiger partial charge on any atom is 0.292 e. The van der Waals surface area contributed by atoms with Gasteiger partial charge in [0.1, 0.15) is 16.8 Å². The third kappa shape index (κ3) is 2.95. The Morgan fingerprint density at radius 3 is 2.83 bits per heavy atom. The van der Waals surface area contributed by atoms with Crippen LogP contribution in [-0.2, 0) is 0 Å². The molecule has 0 bridgehead atoms. The first kappa shape index (κ1) is 15.6. The quantitative estimate of drug-likeness (QED) is 0.435. The van der Waals surface area contributed by atoms with Crippen LogP contribution in [0.15, 0.2) is 42.5 Å². The lowest BCUT2D eigenvalue weighted by Gasteiger charge is -2.03. The molecule has 7 heteroatoms. The van der Waals surface area contributed by atoms with Crippen molar-refractivity contribution in [3.05, 3.63) is 63.1 Å². The monoisotopic (exact) mass is 336 g/mol. The number of para-hydroxylation sites is 1. The highest BCUT2D eigenvalue weighted by Gasteiger charge is 2.14. The summed E-state index contributed by atoms with van der Waals surface area (Å²) < 4.78 is 0.991. The summed E-state index contributed by atoms with van der Waals surface area (Å²) in [7, 11) is 1.62. The highest BCUT2D eigenvalue weighted by Crippen LogP contribution is 2.30. The molecule has 1 aromatic heterocycles. The van der Waals surface area contributed by atoms with E-state index in [1.165, 1.54) is 17.4 Å². The number of fused-ring (bicyclic) bond motifs is 1. The molecule has 24 heavy (non-hydrogen) atoms. The molecule has 0 radical (unpaired) electrons. The summed E-state index contributed by atoms with van der Waals surface area (Å²) in [5, 5.41) is 24.0. The smallest absolute Gasteiger partial charge is 0.292 e. The summed E-state index contributed by atoms with van der Waals surface area (Å²) in [6.07, 6.45) is 1.62. The molecule has 0 aliphatic heterocycles. The fraction of sp³-hybridized carbons (Fsp3) is 0.0588. The minimum Gasteiger partial charge on any atom is -0.383 e. The lowest BCUT2D eigenvalue weighted by molar-refractivity contribution is -0.383. The molecule has 0 fully saturated rings. The van der Waals surface area contributed by atoms with Crippen molar-refractivity contribution in [2.24, 2.45) is 0 Å². The third-order valence-electron chi connectivity index (χ3n) is 3.44. The van der Waals surface area contributed by atoms with Crippen LogP contribution in [0.4, 0.5) is 11.4 Å². The zero-order chi connectivity index (χ0) is 17.1. The van der Waals surface area contributed by atoms with Crippen LogP contribution in [0.3, 0.4) is 0 Å². The molecular formula is C17H12N4O2S. The number of thiazole rings is 1. The van der Waals surface area contributed by atoms with Gasteiger partial charge in [-0.05, 0) is 29.8 Å². The molecule has 0 amide bonds. The fourth-order valence-electron chi connectivity index (χ4n) is 2.30. The van der Waals surface area contributed by atoms with Crippen LogP contribution in [0.2, 0.25) is 0 Å². The van der Waals surface area contributed by atoms with Crippen LogP contribution < -0.4 is 5.32 Å². The van der Waals surface area contributed by atoms with Gasteiger partial charge in [-0.25, -0.2) is 4.98 Å². The Balaban J connectivity index is 2.06. The number of anilines is 1. The molecule has 1 N–H and O–H groups in total. The van der Waals surface area contributed by atoms with Gasteiger partial charge >= 0.3 is 0 Å². The average Bonchev–Trinajstić information content (AvgIpc) is 3.03. The van der Waals surface area contributed by atoms with Crippen molar-refractivity contribution in [3.63, 3.8) is 0 Å². The van der Waals surface area contributed by atoms with E-state index in [1.54, 1.807) is 25.3 Å². The van der Waals surface area contributed by atoms with Crippen LogP contribution in [0, 0.1) is 21.4 Å². The molecule has 0 saturated carbocycles. The number of rotatable bonds is 4. The lowest BCUT2D eigenvalue weighted by atomic mass is 10.1. The Morgan fingerprint density at radius 2 is 2.17 bits per heavy atom. The number of nitrogens with one attached hydrogen (secondary N) is 1. The minimum atomic E-state index is -0.451. The van der Waals surface area contributed by atoms with Crippen molar-refractivity contribution in [2.45, 2.75) is 0 Å². The van der Waals surface area contributed by atoms with E-state index in [-0.39, 0.29) is 5.69 Å². The van der Waals surface area contributed by atoms with Gasteiger partial charge in [0.15, 0.2) is 0 Å². The van der Waals surface area contributed by atoms with E-state index in [4.69, 9.17) is 0 Å². The largest absolute Gasteiger partial charge is 0.383 e. The van der Waals surface area contributed by atoms with E-state index >= 15 is 0 Å². The van der Waals surface area contributed by atoms with E-state index < -0.39 is 4.92 Å². The first-order chi connectivity index (χ1) is 11.6. The third-order valence-corrected chi connectivity index (χ3v) is 4.51. The molecule has 0 atom stereocenters. The molecule has 0 saturated heterocycles. The summed E-state index contributed by atoms with van der Waals surface area (Å²) >= 11 is 1.42. The van der Waals surface area contributed by atoms with E-state index in [0.29, 0.717) is 21.8 Å². The number of hydrogen-bond acceptors (Lipinski definition) is 6. The SMILES string of the molecule is CNc1ccc(C=C(C#N)c2nc3ccccc3s2)cc1[N+](=O)[O-]. The summed E-state index contributed by atoms with van der Waals surface area (Å²) in [6.45, 7) is 0. The summed E-state index contributed by atoms with van der Waals surface area (Å²) in [6, 6.07) is 14.6. The first-order valence-electron chi connectivity index (χ1n) is 7.06. The zero-order valence-corrected chi connectivity index (χ0v) is 13.5.